The minimum atomic E-state index is -0.252. The smallest absolute Gasteiger partial charge is 0.264 e. The first-order valence-corrected chi connectivity index (χ1v) is 7.42. The Hall–Kier alpha value is -1.72. The van der Waals surface area contributed by atoms with E-state index in [1.165, 1.54) is 4.90 Å². The summed E-state index contributed by atoms with van der Waals surface area (Å²) in [6, 6.07) is 5.09. The Morgan fingerprint density at radius 3 is 2.41 bits per heavy atom. The highest BCUT2D eigenvalue weighted by Crippen LogP contribution is 2.32. The Morgan fingerprint density at radius 2 is 1.91 bits per heavy atom. The second-order valence-electron chi connectivity index (χ2n) is 4.94. The minimum Gasteiger partial charge on any atom is -0.480 e. The summed E-state index contributed by atoms with van der Waals surface area (Å²) in [5.74, 6) is 0.368. The molecule has 0 saturated carbocycles. The van der Waals surface area contributed by atoms with Crippen LogP contribution in [0, 0.1) is 13.8 Å². The number of carbonyl (C=O) groups excluding carboxylic acids is 1. The number of nitrogens with zero attached hydrogens (tertiary/aromatic N) is 3. The number of hydrogen-bond acceptors (Lipinski definition) is 3. The number of aromatic nitrogens is 2. The lowest BCUT2D eigenvalue weighted by atomic mass is 10.3. The number of aryl methyl sites for hydroxylation is 2. The van der Waals surface area contributed by atoms with Crippen LogP contribution in [0.3, 0.4) is 0 Å². The van der Waals surface area contributed by atoms with Crippen molar-refractivity contribution >= 4 is 34.8 Å². The number of rotatable bonds is 4. The predicted octanol–water partition coefficient (Wildman–Crippen LogP) is 3.39. The number of amides is 1. The van der Waals surface area contributed by atoms with E-state index in [2.05, 4.69) is 5.10 Å². The summed E-state index contributed by atoms with van der Waals surface area (Å²) in [5.41, 5.74) is 2.08. The molecule has 1 aromatic heterocycles. The summed E-state index contributed by atoms with van der Waals surface area (Å²) in [6.45, 7) is 3.60. The molecule has 2 rings (SSSR count). The van der Waals surface area contributed by atoms with Crippen LogP contribution in [0.5, 0.6) is 5.75 Å². The Kier molecular flexibility index (Phi) is 4.98. The highest BCUT2D eigenvalue weighted by atomic mass is 35.5. The average molecular weight is 342 g/mol. The molecule has 0 unspecified atom stereocenters. The van der Waals surface area contributed by atoms with Crippen molar-refractivity contribution < 1.29 is 9.53 Å². The lowest BCUT2D eigenvalue weighted by Gasteiger charge is -2.20. The molecule has 0 aliphatic carbocycles. The number of likely N-dealkylation sites (N-methyl/N-ethyl adjacent to an activating group) is 1. The largest absolute Gasteiger partial charge is 0.480 e. The van der Waals surface area contributed by atoms with E-state index in [-0.39, 0.29) is 12.5 Å². The van der Waals surface area contributed by atoms with E-state index < -0.39 is 0 Å². The summed E-state index contributed by atoms with van der Waals surface area (Å²) in [4.78, 5) is 13.7. The van der Waals surface area contributed by atoms with Gasteiger partial charge in [-0.2, -0.15) is 5.10 Å². The van der Waals surface area contributed by atoms with E-state index in [1.54, 1.807) is 29.9 Å². The molecular formula is C15H17Cl2N3O2. The van der Waals surface area contributed by atoms with Crippen molar-refractivity contribution in [3.05, 3.63) is 39.6 Å². The van der Waals surface area contributed by atoms with Crippen LogP contribution in [-0.4, -0.2) is 29.3 Å². The van der Waals surface area contributed by atoms with Gasteiger partial charge < -0.3 is 9.64 Å². The van der Waals surface area contributed by atoms with Crippen molar-refractivity contribution in [3.63, 3.8) is 0 Å². The van der Waals surface area contributed by atoms with E-state index in [1.807, 2.05) is 20.9 Å². The van der Waals surface area contributed by atoms with E-state index >= 15 is 0 Å². The summed E-state index contributed by atoms with van der Waals surface area (Å²) in [5, 5.41) is 5.07. The first-order chi connectivity index (χ1) is 10.3. The number of para-hydroxylation sites is 1. The number of hydrogen-bond donors (Lipinski definition) is 0. The standard InChI is InChI=1S/C15H17Cl2N3O2/c1-9-15(10(2)20(4)18-9)22-8-13(21)19(3)14-11(16)6-5-7-12(14)17/h5-7H,8H2,1-4H3. The lowest BCUT2D eigenvalue weighted by Crippen LogP contribution is -2.31. The minimum absolute atomic E-state index is 0.120. The quantitative estimate of drug-likeness (QED) is 0.856. The van der Waals surface area contributed by atoms with Gasteiger partial charge in [-0.25, -0.2) is 0 Å². The number of benzene rings is 1. The average Bonchev–Trinajstić information content (AvgIpc) is 2.69. The third-order valence-electron chi connectivity index (χ3n) is 3.43. The molecule has 0 N–H and O–H groups in total. The molecule has 22 heavy (non-hydrogen) atoms. The monoisotopic (exact) mass is 341 g/mol. The molecule has 0 bridgehead atoms. The van der Waals surface area contributed by atoms with E-state index in [0.717, 1.165) is 11.4 Å². The fourth-order valence-corrected chi connectivity index (χ4v) is 2.78. The molecule has 1 aromatic carbocycles. The van der Waals surface area contributed by atoms with Gasteiger partial charge in [0, 0.05) is 14.1 Å². The van der Waals surface area contributed by atoms with Gasteiger partial charge in [-0.3, -0.25) is 9.48 Å². The molecule has 0 aliphatic heterocycles. The van der Waals surface area contributed by atoms with Crippen LogP contribution in [-0.2, 0) is 11.8 Å². The van der Waals surface area contributed by atoms with Crippen LogP contribution >= 0.6 is 23.2 Å². The lowest BCUT2D eigenvalue weighted by molar-refractivity contribution is -0.120. The molecule has 0 spiro atoms. The third kappa shape index (κ3) is 3.20. The van der Waals surface area contributed by atoms with Gasteiger partial charge in [0.05, 0.1) is 21.4 Å². The van der Waals surface area contributed by atoms with E-state index in [9.17, 15) is 4.79 Å². The zero-order valence-corrected chi connectivity index (χ0v) is 14.4. The van der Waals surface area contributed by atoms with Gasteiger partial charge in [-0.05, 0) is 26.0 Å². The SMILES string of the molecule is Cc1nn(C)c(C)c1OCC(=O)N(C)c1c(Cl)cccc1Cl. The second-order valence-corrected chi connectivity index (χ2v) is 5.75. The summed E-state index contributed by atoms with van der Waals surface area (Å²) in [6.07, 6.45) is 0. The van der Waals surface area contributed by atoms with Crippen molar-refractivity contribution in [2.45, 2.75) is 13.8 Å². The van der Waals surface area contributed by atoms with Crippen molar-refractivity contribution in [1.29, 1.82) is 0 Å². The normalized spacial score (nSPS) is 10.6. The highest BCUT2D eigenvalue weighted by Gasteiger charge is 2.19. The molecule has 118 valence electrons. The predicted molar refractivity (Wildman–Crippen MR) is 88.0 cm³/mol. The third-order valence-corrected chi connectivity index (χ3v) is 4.04. The Balaban J connectivity index is 2.12. The summed E-state index contributed by atoms with van der Waals surface area (Å²) in [7, 11) is 3.44. The van der Waals surface area contributed by atoms with Gasteiger partial charge in [0.25, 0.3) is 5.91 Å². The fourth-order valence-electron chi connectivity index (χ4n) is 2.13. The number of halogens is 2. The number of ether oxygens (including phenoxy) is 1. The molecular weight excluding hydrogens is 325 g/mol. The van der Waals surface area contributed by atoms with E-state index in [4.69, 9.17) is 27.9 Å². The number of carbonyl (C=O) groups is 1. The first-order valence-electron chi connectivity index (χ1n) is 6.66. The van der Waals surface area contributed by atoms with Gasteiger partial charge in [-0.1, -0.05) is 29.3 Å². The Bertz CT molecular complexity index is 693. The highest BCUT2D eigenvalue weighted by molar-refractivity contribution is 6.39. The zero-order valence-electron chi connectivity index (χ0n) is 12.9. The molecule has 0 fully saturated rings. The molecule has 5 nitrogen and oxygen atoms in total. The summed E-state index contributed by atoms with van der Waals surface area (Å²) < 4.78 is 7.32. The molecule has 2 aromatic rings. The van der Waals surface area contributed by atoms with Crippen molar-refractivity contribution in [2.75, 3.05) is 18.6 Å². The van der Waals surface area contributed by atoms with Crippen LogP contribution in [0.2, 0.25) is 10.0 Å². The van der Waals surface area contributed by atoms with Crippen molar-refractivity contribution in [1.82, 2.24) is 9.78 Å². The molecule has 7 heteroatoms. The first kappa shape index (κ1) is 16.6. The fraction of sp³-hybridized carbons (Fsp3) is 0.333. The zero-order chi connectivity index (χ0) is 16.4. The van der Waals surface area contributed by atoms with Crippen molar-refractivity contribution in [3.8, 4) is 5.75 Å². The van der Waals surface area contributed by atoms with Gasteiger partial charge in [0.2, 0.25) is 0 Å². The van der Waals surface area contributed by atoms with Crippen LogP contribution in [0.25, 0.3) is 0 Å². The molecule has 0 atom stereocenters. The summed E-state index contributed by atoms with van der Waals surface area (Å²) >= 11 is 12.2. The van der Waals surface area contributed by atoms with Crippen LogP contribution < -0.4 is 9.64 Å². The van der Waals surface area contributed by atoms with Gasteiger partial charge >= 0.3 is 0 Å². The molecule has 1 amide bonds. The topological polar surface area (TPSA) is 47.4 Å². The van der Waals surface area contributed by atoms with Crippen LogP contribution in [0.4, 0.5) is 5.69 Å². The maximum atomic E-state index is 12.3. The van der Waals surface area contributed by atoms with Gasteiger partial charge in [0.15, 0.2) is 12.4 Å². The van der Waals surface area contributed by atoms with Gasteiger partial charge in [-0.15, -0.1) is 0 Å². The molecule has 0 radical (unpaired) electrons. The molecule has 1 heterocycles. The maximum Gasteiger partial charge on any atom is 0.264 e. The Morgan fingerprint density at radius 1 is 1.32 bits per heavy atom. The van der Waals surface area contributed by atoms with Gasteiger partial charge in [0.1, 0.15) is 5.69 Å². The van der Waals surface area contributed by atoms with Crippen molar-refractivity contribution in [2.24, 2.45) is 7.05 Å². The molecule has 0 saturated heterocycles. The Labute approximate surface area is 139 Å². The van der Waals surface area contributed by atoms with Crippen LogP contribution in [0.15, 0.2) is 18.2 Å². The second kappa shape index (κ2) is 6.58. The maximum absolute atomic E-state index is 12.3. The number of anilines is 1. The van der Waals surface area contributed by atoms with Crippen LogP contribution in [0.1, 0.15) is 11.4 Å². The van der Waals surface area contributed by atoms with E-state index in [0.29, 0.717) is 21.5 Å². The molecule has 0 aliphatic rings.